The number of nitrogens with two attached hydrogens (primary N) is 1. The van der Waals surface area contributed by atoms with Crippen molar-refractivity contribution in [2.45, 2.75) is 0 Å². The lowest BCUT2D eigenvalue weighted by atomic mass is 10.2. The summed E-state index contributed by atoms with van der Waals surface area (Å²) in [7, 11) is -3.89. The first-order valence-electron chi connectivity index (χ1n) is 5.86. The Kier molecular flexibility index (Phi) is 4.21. The summed E-state index contributed by atoms with van der Waals surface area (Å²) in [5.74, 6) is -1.95. The molecule has 1 saturated heterocycles. The molecule has 2 rings (SSSR count). The minimum atomic E-state index is -3.89. The number of hydrogen-bond acceptors (Lipinski definition) is 4. The third-order valence-corrected chi connectivity index (χ3v) is 4.34. The van der Waals surface area contributed by atoms with Gasteiger partial charge in [-0.05, 0) is 12.1 Å². The number of anilines is 1. The maximum Gasteiger partial charge on any atom is 0.301 e. The van der Waals surface area contributed by atoms with Gasteiger partial charge in [0.05, 0.1) is 24.5 Å². The topological polar surface area (TPSA) is 102 Å². The van der Waals surface area contributed by atoms with Crippen LogP contribution in [0.5, 0.6) is 0 Å². The maximum absolute atomic E-state index is 13.9. The number of amides is 1. The molecular formula is C11H14FN3O4S. The van der Waals surface area contributed by atoms with Crippen LogP contribution in [0.25, 0.3) is 0 Å². The number of halogens is 1. The number of hydrogen-bond donors (Lipinski definition) is 2. The third kappa shape index (κ3) is 3.06. The van der Waals surface area contributed by atoms with E-state index in [0.717, 1.165) is 4.31 Å². The Hall–Kier alpha value is -1.71. The molecule has 0 spiro atoms. The van der Waals surface area contributed by atoms with E-state index in [1.54, 1.807) is 0 Å². The molecule has 110 valence electrons. The summed E-state index contributed by atoms with van der Waals surface area (Å²) in [6.07, 6.45) is 0. The first-order chi connectivity index (χ1) is 9.42. The normalized spacial score (nSPS) is 16.9. The van der Waals surface area contributed by atoms with Gasteiger partial charge in [-0.15, -0.1) is 0 Å². The summed E-state index contributed by atoms with van der Waals surface area (Å²) in [5.41, 5.74) is 4.33. The van der Waals surface area contributed by atoms with Crippen LogP contribution in [-0.4, -0.2) is 44.9 Å². The number of rotatable bonds is 4. The van der Waals surface area contributed by atoms with Crippen LogP contribution in [0.4, 0.5) is 10.1 Å². The van der Waals surface area contributed by atoms with Crippen molar-refractivity contribution in [2.75, 3.05) is 31.0 Å². The summed E-state index contributed by atoms with van der Waals surface area (Å²) < 4.78 is 46.4. The zero-order chi connectivity index (χ0) is 14.8. The fourth-order valence-corrected chi connectivity index (χ4v) is 2.99. The molecule has 0 saturated carbocycles. The van der Waals surface area contributed by atoms with Gasteiger partial charge in [0.15, 0.2) is 5.82 Å². The monoisotopic (exact) mass is 303 g/mol. The molecule has 0 bridgehead atoms. The van der Waals surface area contributed by atoms with Crippen molar-refractivity contribution in [1.82, 2.24) is 4.31 Å². The highest BCUT2D eigenvalue weighted by Gasteiger charge is 2.25. The standard InChI is InChI=1S/C11H14FN3O4S/c12-10-8(11(13)16)2-1-3-9(10)14-20(17,18)15-4-6-19-7-5-15/h1-3,14H,4-7H2,(H2,13,16). The minimum absolute atomic E-state index is 0.187. The highest BCUT2D eigenvalue weighted by molar-refractivity contribution is 7.90. The van der Waals surface area contributed by atoms with Crippen molar-refractivity contribution in [2.24, 2.45) is 5.73 Å². The van der Waals surface area contributed by atoms with Crippen molar-refractivity contribution in [1.29, 1.82) is 0 Å². The molecule has 0 atom stereocenters. The van der Waals surface area contributed by atoms with Gasteiger partial charge in [0.2, 0.25) is 0 Å². The molecule has 20 heavy (non-hydrogen) atoms. The van der Waals surface area contributed by atoms with Crippen LogP contribution in [0.3, 0.4) is 0 Å². The van der Waals surface area contributed by atoms with Gasteiger partial charge in [0.25, 0.3) is 5.91 Å². The zero-order valence-corrected chi connectivity index (χ0v) is 11.3. The van der Waals surface area contributed by atoms with Gasteiger partial charge in [0, 0.05) is 13.1 Å². The Bertz CT molecular complexity index is 614. The summed E-state index contributed by atoms with van der Waals surface area (Å²) >= 11 is 0. The van der Waals surface area contributed by atoms with E-state index in [1.807, 2.05) is 0 Å². The number of nitrogens with zero attached hydrogens (tertiary/aromatic N) is 1. The fourth-order valence-electron chi connectivity index (χ4n) is 1.79. The lowest BCUT2D eigenvalue weighted by molar-refractivity contribution is 0.0733. The number of primary amides is 1. The van der Waals surface area contributed by atoms with E-state index in [4.69, 9.17) is 10.5 Å². The molecule has 3 N–H and O–H groups in total. The second-order valence-electron chi connectivity index (χ2n) is 4.15. The average molecular weight is 303 g/mol. The Labute approximate surface area is 115 Å². The van der Waals surface area contributed by atoms with E-state index in [-0.39, 0.29) is 37.6 Å². The van der Waals surface area contributed by atoms with E-state index in [1.165, 1.54) is 18.2 Å². The van der Waals surface area contributed by atoms with Crippen molar-refractivity contribution in [3.8, 4) is 0 Å². The van der Waals surface area contributed by atoms with Crippen LogP contribution in [0.15, 0.2) is 18.2 Å². The van der Waals surface area contributed by atoms with Crippen molar-refractivity contribution >= 4 is 21.8 Å². The Morgan fingerprint density at radius 1 is 1.35 bits per heavy atom. The molecule has 0 aromatic heterocycles. The minimum Gasteiger partial charge on any atom is -0.379 e. The molecular weight excluding hydrogens is 289 g/mol. The van der Waals surface area contributed by atoms with Crippen LogP contribution < -0.4 is 10.5 Å². The summed E-state index contributed by atoms with van der Waals surface area (Å²) in [6.45, 7) is 0.939. The molecule has 0 radical (unpaired) electrons. The molecule has 1 aliphatic rings. The zero-order valence-electron chi connectivity index (χ0n) is 10.5. The van der Waals surface area contributed by atoms with Gasteiger partial charge in [-0.25, -0.2) is 4.39 Å². The quantitative estimate of drug-likeness (QED) is 0.811. The van der Waals surface area contributed by atoms with Gasteiger partial charge in [0.1, 0.15) is 0 Å². The first-order valence-corrected chi connectivity index (χ1v) is 7.30. The van der Waals surface area contributed by atoms with Crippen molar-refractivity contribution in [3.63, 3.8) is 0 Å². The smallest absolute Gasteiger partial charge is 0.301 e. The van der Waals surface area contributed by atoms with Crippen LogP contribution in [0.1, 0.15) is 10.4 Å². The SMILES string of the molecule is NC(=O)c1cccc(NS(=O)(=O)N2CCOCC2)c1F. The molecule has 1 aromatic rings. The lowest BCUT2D eigenvalue weighted by Gasteiger charge is -2.26. The third-order valence-electron chi connectivity index (χ3n) is 2.81. The predicted octanol–water partition coefficient (Wildman–Crippen LogP) is -0.0865. The fraction of sp³-hybridized carbons (Fsp3) is 0.364. The second kappa shape index (κ2) is 5.73. The van der Waals surface area contributed by atoms with Gasteiger partial charge in [-0.2, -0.15) is 12.7 Å². The molecule has 1 amide bonds. The maximum atomic E-state index is 13.9. The summed E-state index contributed by atoms with van der Waals surface area (Å²) in [4.78, 5) is 11.0. The molecule has 9 heteroatoms. The second-order valence-corrected chi connectivity index (χ2v) is 5.82. The van der Waals surface area contributed by atoms with E-state index in [9.17, 15) is 17.6 Å². The van der Waals surface area contributed by atoms with Gasteiger partial charge >= 0.3 is 10.2 Å². The molecule has 1 fully saturated rings. The number of carbonyl (C=O) groups excluding carboxylic acids is 1. The molecule has 0 aliphatic carbocycles. The van der Waals surface area contributed by atoms with Gasteiger partial charge in [-0.1, -0.05) is 6.07 Å². The predicted molar refractivity (Wildman–Crippen MR) is 69.9 cm³/mol. The average Bonchev–Trinajstić information content (AvgIpc) is 2.41. The molecule has 7 nitrogen and oxygen atoms in total. The molecule has 1 aromatic carbocycles. The largest absolute Gasteiger partial charge is 0.379 e. The number of carbonyl (C=O) groups is 1. The summed E-state index contributed by atoms with van der Waals surface area (Å²) in [6, 6.07) is 3.75. The van der Waals surface area contributed by atoms with Crippen LogP contribution in [-0.2, 0) is 14.9 Å². The van der Waals surface area contributed by atoms with E-state index >= 15 is 0 Å². The number of nitrogens with one attached hydrogen (secondary N) is 1. The van der Waals surface area contributed by atoms with Crippen LogP contribution in [0, 0.1) is 5.82 Å². The molecule has 0 unspecified atom stereocenters. The van der Waals surface area contributed by atoms with Gasteiger partial charge < -0.3 is 10.5 Å². The molecule has 1 aliphatic heterocycles. The van der Waals surface area contributed by atoms with E-state index < -0.39 is 21.9 Å². The highest BCUT2D eigenvalue weighted by Crippen LogP contribution is 2.20. The van der Waals surface area contributed by atoms with E-state index in [2.05, 4.69) is 4.72 Å². The highest BCUT2D eigenvalue weighted by atomic mass is 32.2. The van der Waals surface area contributed by atoms with Crippen LogP contribution >= 0.6 is 0 Å². The number of morpholine rings is 1. The van der Waals surface area contributed by atoms with Gasteiger partial charge in [-0.3, -0.25) is 9.52 Å². The number of ether oxygens (including phenoxy) is 1. The van der Waals surface area contributed by atoms with Crippen LogP contribution in [0.2, 0.25) is 0 Å². The summed E-state index contributed by atoms with van der Waals surface area (Å²) in [5, 5.41) is 0. The molecule has 1 heterocycles. The Morgan fingerprint density at radius 2 is 2.00 bits per heavy atom. The van der Waals surface area contributed by atoms with E-state index in [0.29, 0.717) is 0 Å². The Morgan fingerprint density at radius 3 is 2.60 bits per heavy atom. The van der Waals surface area contributed by atoms with Crippen molar-refractivity contribution in [3.05, 3.63) is 29.6 Å². The lowest BCUT2D eigenvalue weighted by Crippen LogP contribution is -2.43. The Balaban J connectivity index is 2.25. The van der Waals surface area contributed by atoms with Crippen molar-refractivity contribution < 1.29 is 22.3 Å². The first kappa shape index (κ1) is 14.7. The number of benzene rings is 1.